The first kappa shape index (κ1) is 50.3. The first-order valence-corrected chi connectivity index (χ1v) is 27.2. The van der Waals surface area contributed by atoms with E-state index in [9.17, 15) is 0 Å². The first-order valence-electron chi connectivity index (χ1n) is 27.2. The third-order valence-corrected chi connectivity index (χ3v) is 14.3. The molecule has 0 unspecified atom stereocenters. The van der Waals surface area contributed by atoms with Crippen LogP contribution in [0.25, 0.3) is 11.1 Å². The van der Waals surface area contributed by atoms with Crippen molar-refractivity contribution in [2.24, 2.45) is 4.99 Å². The molecule has 0 aliphatic carbocycles. The van der Waals surface area contributed by atoms with E-state index in [2.05, 4.69) is 337 Å². The molecule has 12 aromatic rings. The smallest absolute Gasteiger partial charge is 0.0781 e. The highest BCUT2D eigenvalue weighted by Crippen LogP contribution is 2.43. The van der Waals surface area contributed by atoms with Gasteiger partial charge >= 0.3 is 0 Å². The summed E-state index contributed by atoms with van der Waals surface area (Å²) in [6, 6.07) is 114. The van der Waals surface area contributed by atoms with Gasteiger partial charge in [-0.2, -0.15) is 0 Å². The Morgan fingerprint density at radius 2 is 0.475 bits per heavy atom. The summed E-state index contributed by atoms with van der Waals surface area (Å²) in [7, 11) is 0. The van der Waals surface area contributed by atoms with Crippen molar-refractivity contribution in [3.8, 4) is 11.1 Å². The molecule has 0 spiro atoms. The summed E-state index contributed by atoms with van der Waals surface area (Å²) in [6.07, 6.45) is 0. The molecule has 5 heteroatoms. The van der Waals surface area contributed by atoms with Gasteiger partial charge in [0, 0.05) is 79.4 Å². The van der Waals surface area contributed by atoms with Crippen LogP contribution in [0.2, 0.25) is 0 Å². The number of hydrogen-bond acceptors (Lipinski definition) is 5. The van der Waals surface area contributed by atoms with E-state index < -0.39 is 0 Å². The molecule has 384 valence electrons. The van der Waals surface area contributed by atoms with E-state index in [1.165, 1.54) is 11.1 Å². The van der Waals surface area contributed by atoms with Crippen LogP contribution in [0, 0.1) is 13.8 Å². The van der Waals surface area contributed by atoms with Gasteiger partial charge in [-0.15, -0.1) is 0 Å². The number of anilines is 12. The summed E-state index contributed by atoms with van der Waals surface area (Å²) in [5.41, 5.74) is 21.3. The largest absolute Gasteiger partial charge is 0.311 e. The van der Waals surface area contributed by atoms with Gasteiger partial charge in [0.25, 0.3) is 0 Å². The Bertz CT molecular complexity index is 3960. The van der Waals surface area contributed by atoms with Crippen LogP contribution in [0.3, 0.4) is 0 Å². The van der Waals surface area contributed by atoms with Crippen molar-refractivity contribution >= 4 is 79.6 Å². The van der Waals surface area contributed by atoms with Crippen molar-refractivity contribution in [1.82, 2.24) is 0 Å². The molecule has 0 saturated heterocycles. The second kappa shape index (κ2) is 23.4. The molecule has 0 amide bonds. The van der Waals surface area contributed by atoms with Crippen LogP contribution in [0.1, 0.15) is 22.3 Å². The van der Waals surface area contributed by atoms with Gasteiger partial charge in [0.1, 0.15) is 0 Å². The van der Waals surface area contributed by atoms with Crippen molar-refractivity contribution in [3.05, 3.63) is 344 Å². The van der Waals surface area contributed by atoms with Gasteiger partial charge in [-0.3, -0.25) is 0 Å². The standard InChI is InChI=1S/C75H59N5/c1-56-22-18-36-71(52-56)78(65-32-14-6-15-33-65)69-48-50-70(51-49-69)80(72-37-19-23-57(2)53-72)74-39-21-25-61(55-74)60-24-20-38-73(54-60)79(66-34-16-7-17-35-66)68-46-42-59(43-47-68)75(76-62-26-8-3-9-27-62)58-40-44-67(45-41-58)77(63-28-10-4-11-29-63)64-30-12-5-13-31-64/h3-55H,1-2H3/b76-75-. The second-order valence-corrected chi connectivity index (χ2v) is 19.9. The van der Waals surface area contributed by atoms with Crippen molar-refractivity contribution in [1.29, 1.82) is 0 Å². The van der Waals surface area contributed by atoms with E-state index in [-0.39, 0.29) is 0 Å². The predicted octanol–water partition coefficient (Wildman–Crippen LogP) is 21.0. The fourth-order valence-corrected chi connectivity index (χ4v) is 10.5. The maximum absolute atomic E-state index is 5.31. The molecule has 0 fully saturated rings. The molecule has 0 saturated carbocycles. The number of aliphatic imine (C=N–C) groups is 1. The van der Waals surface area contributed by atoms with Crippen LogP contribution in [0.5, 0.6) is 0 Å². The number of rotatable bonds is 16. The summed E-state index contributed by atoms with van der Waals surface area (Å²) in [5, 5.41) is 0. The minimum Gasteiger partial charge on any atom is -0.311 e. The molecule has 0 N–H and O–H groups in total. The summed E-state index contributed by atoms with van der Waals surface area (Å²) in [6.45, 7) is 4.30. The van der Waals surface area contributed by atoms with Crippen LogP contribution in [0.15, 0.2) is 327 Å². The Labute approximate surface area is 470 Å². The average Bonchev–Trinajstić information content (AvgIpc) is 3.52. The molecule has 0 radical (unpaired) electrons. The lowest BCUT2D eigenvalue weighted by molar-refractivity contribution is 1.25. The highest BCUT2D eigenvalue weighted by molar-refractivity contribution is 6.14. The lowest BCUT2D eigenvalue weighted by Crippen LogP contribution is -2.12. The van der Waals surface area contributed by atoms with Gasteiger partial charge < -0.3 is 19.6 Å². The van der Waals surface area contributed by atoms with E-state index in [4.69, 9.17) is 4.99 Å². The summed E-state index contributed by atoms with van der Waals surface area (Å²) in [4.78, 5) is 14.6. The molecule has 0 bridgehead atoms. The molecule has 80 heavy (non-hydrogen) atoms. The quantitative estimate of drug-likeness (QED) is 0.0901. The summed E-state index contributed by atoms with van der Waals surface area (Å²) < 4.78 is 0. The van der Waals surface area contributed by atoms with Crippen LogP contribution in [0.4, 0.5) is 73.9 Å². The molecule has 0 aliphatic rings. The Morgan fingerprint density at radius 3 is 0.812 bits per heavy atom. The maximum atomic E-state index is 5.31. The molecule has 0 atom stereocenters. The van der Waals surface area contributed by atoms with Crippen LogP contribution in [-0.2, 0) is 0 Å². The number of hydrogen-bond donors (Lipinski definition) is 0. The normalized spacial score (nSPS) is 11.2. The highest BCUT2D eigenvalue weighted by atomic mass is 15.2. The van der Waals surface area contributed by atoms with Crippen molar-refractivity contribution < 1.29 is 0 Å². The van der Waals surface area contributed by atoms with E-state index in [0.29, 0.717) is 0 Å². The Balaban J connectivity index is 0.879. The van der Waals surface area contributed by atoms with E-state index in [1.54, 1.807) is 0 Å². The van der Waals surface area contributed by atoms with Gasteiger partial charge in [0.05, 0.1) is 11.4 Å². The van der Waals surface area contributed by atoms with Gasteiger partial charge in [-0.25, -0.2) is 4.99 Å². The highest BCUT2D eigenvalue weighted by Gasteiger charge is 2.20. The molecular formula is C75H59N5. The number of para-hydroxylation sites is 5. The van der Waals surface area contributed by atoms with Crippen molar-refractivity contribution in [2.75, 3.05) is 19.6 Å². The zero-order chi connectivity index (χ0) is 54.0. The first-order chi connectivity index (χ1) is 39.5. The SMILES string of the molecule is Cc1cccc(N(c2ccccc2)c2ccc(N(c3cccc(C)c3)c3cccc(-c4cccc(N(c5ccccc5)c5ccc(/C(=N\c6ccccc6)c6ccc(N(c7ccccc7)c7ccccc7)cc6)cc5)c4)c3)cc2)c1. The zero-order valence-corrected chi connectivity index (χ0v) is 44.8. The fourth-order valence-electron chi connectivity index (χ4n) is 10.5. The van der Waals surface area contributed by atoms with Crippen LogP contribution in [-0.4, -0.2) is 5.71 Å². The van der Waals surface area contributed by atoms with E-state index in [1.807, 2.05) is 18.2 Å². The molecule has 0 aromatic heterocycles. The molecule has 0 aliphatic heterocycles. The lowest BCUT2D eigenvalue weighted by atomic mass is 10.00. The van der Waals surface area contributed by atoms with E-state index >= 15 is 0 Å². The second-order valence-electron chi connectivity index (χ2n) is 19.9. The summed E-state index contributed by atoms with van der Waals surface area (Å²) >= 11 is 0. The maximum Gasteiger partial charge on any atom is 0.0781 e. The molecule has 5 nitrogen and oxygen atoms in total. The van der Waals surface area contributed by atoms with E-state index in [0.717, 1.165) is 102 Å². The Hall–Kier alpha value is -10.5. The number of nitrogens with zero attached hydrogens (tertiary/aromatic N) is 5. The minimum absolute atomic E-state index is 0.889. The third kappa shape index (κ3) is 11.2. The Kier molecular flexibility index (Phi) is 14.7. The molecule has 12 rings (SSSR count). The molecule has 0 heterocycles. The summed E-state index contributed by atoms with van der Waals surface area (Å²) in [5.74, 6) is 0. The molecule has 12 aromatic carbocycles. The van der Waals surface area contributed by atoms with Crippen molar-refractivity contribution in [2.45, 2.75) is 13.8 Å². The number of aryl methyl sites for hydroxylation is 2. The predicted molar refractivity (Wildman–Crippen MR) is 338 cm³/mol. The zero-order valence-electron chi connectivity index (χ0n) is 44.8. The average molecular weight is 1030 g/mol. The van der Waals surface area contributed by atoms with Crippen molar-refractivity contribution in [3.63, 3.8) is 0 Å². The minimum atomic E-state index is 0.889. The fraction of sp³-hybridized carbons (Fsp3) is 0.0267. The van der Waals surface area contributed by atoms with Gasteiger partial charge in [0.15, 0.2) is 0 Å². The number of benzene rings is 12. The Morgan fingerprint density at radius 1 is 0.225 bits per heavy atom. The van der Waals surface area contributed by atoms with Crippen LogP contribution < -0.4 is 19.6 Å². The lowest BCUT2D eigenvalue weighted by Gasteiger charge is -2.29. The topological polar surface area (TPSA) is 25.3 Å². The van der Waals surface area contributed by atoms with Gasteiger partial charge in [0.2, 0.25) is 0 Å². The third-order valence-electron chi connectivity index (χ3n) is 14.3. The van der Waals surface area contributed by atoms with Gasteiger partial charge in [-0.1, -0.05) is 164 Å². The van der Waals surface area contributed by atoms with Crippen LogP contribution >= 0.6 is 0 Å². The van der Waals surface area contributed by atoms with Gasteiger partial charge in [-0.05, 0) is 194 Å². The monoisotopic (exact) mass is 1030 g/mol. The molecular weight excluding hydrogens is 971 g/mol.